The van der Waals surface area contributed by atoms with Gasteiger partial charge in [0.1, 0.15) is 17.9 Å². The van der Waals surface area contributed by atoms with Crippen LogP contribution in [0.4, 0.5) is 0 Å². The molecule has 1 unspecified atom stereocenters. The third-order valence-electron chi connectivity index (χ3n) is 5.36. The minimum Gasteiger partial charge on any atom is -0.490 e. The number of carboxylic acid groups (broad SMARTS) is 1. The molecule has 172 valence electrons. The molecule has 0 saturated heterocycles. The Kier molecular flexibility index (Phi) is 6.57. The summed E-state index contributed by atoms with van der Waals surface area (Å²) in [5, 5.41) is 27.7. The van der Waals surface area contributed by atoms with Crippen LogP contribution in [0.5, 0.6) is 5.75 Å². The monoisotopic (exact) mass is 456 g/mol. The molecule has 0 aliphatic heterocycles. The number of benzene rings is 3. The minimum atomic E-state index is -0.899. The summed E-state index contributed by atoms with van der Waals surface area (Å²) in [5.41, 5.74) is 2.78. The Balaban J connectivity index is 1.67. The van der Waals surface area contributed by atoms with Crippen LogP contribution in [-0.2, 0) is 11.3 Å². The first-order chi connectivity index (χ1) is 16.4. The number of fused-ring (bicyclic) bond motifs is 1. The van der Waals surface area contributed by atoms with Gasteiger partial charge in [0, 0.05) is 17.7 Å². The Morgan fingerprint density at radius 3 is 2.62 bits per heavy atom. The van der Waals surface area contributed by atoms with Crippen molar-refractivity contribution < 1.29 is 19.2 Å². The lowest BCUT2D eigenvalue weighted by Gasteiger charge is -2.12. The minimum absolute atomic E-state index is 0.0493. The Morgan fingerprint density at radius 1 is 1.15 bits per heavy atom. The lowest BCUT2D eigenvalue weighted by atomic mass is 9.99. The molecule has 8 nitrogen and oxygen atoms in total. The van der Waals surface area contributed by atoms with Crippen molar-refractivity contribution in [3.8, 4) is 34.7 Å². The highest BCUT2D eigenvalue weighted by molar-refractivity contribution is 5.97. The highest BCUT2D eigenvalue weighted by Gasteiger charge is 2.17. The summed E-state index contributed by atoms with van der Waals surface area (Å²) in [4.78, 5) is 15.7. The number of carboxylic acids is 1. The van der Waals surface area contributed by atoms with E-state index in [1.165, 1.54) is 0 Å². The molecular formula is C26H24N4O4. The van der Waals surface area contributed by atoms with Gasteiger partial charge in [-0.15, -0.1) is 0 Å². The van der Waals surface area contributed by atoms with Gasteiger partial charge in [-0.25, -0.2) is 0 Å². The molecule has 0 saturated carbocycles. The molecule has 0 spiro atoms. The van der Waals surface area contributed by atoms with Gasteiger partial charge in [-0.2, -0.15) is 10.2 Å². The SMILES string of the molecule is CC(C)Oc1ccc(-c2nc(-c3ccc(CNC(C)C(=O)O)c4ccccc34)no2)cc1C#N. The third kappa shape index (κ3) is 4.75. The summed E-state index contributed by atoms with van der Waals surface area (Å²) in [7, 11) is 0. The molecule has 34 heavy (non-hydrogen) atoms. The number of aromatic nitrogens is 2. The van der Waals surface area contributed by atoms with Crippen molar-refractivity contribution in [2.24, 2.45) is 0 Å². The molecule has 0 fully saturated rings. The molecule has 1 atom stereocenters. The summed E-state index contributed by atoms with van der Waals surface area (Å²) in [6, 6.07) is 18.3. The van der Waals surface area contributed by atoms with Crippen LogP contribution >= 0.6 is 0 Å². The number of nitrogens with zero attached hydrogens (tertiary/aromatic N) is 3. The summed E-state index contributed by atoms with van der Waals surface area (Å²) < 4.78 is 11.2. The predicted octanol–water partition coefficient (Wildman–Crippen LogP) is 4.78. The fraction of sp³-hybridized carbons (Fsp3) is 0.231. The van der Waals surface area contributed by atoms with E-state index in [1.54, 1.807) is 25.1 Å². The molecule has 3 aromatic carbocycles. The van der Waals surface area contributed by atoms with Gasteiger partial charge in [0.25, 0.3) is 5.89 Å². The number of nitriles is 1. The van der Waals surface area contributed by atoms with Gasteiger partial charge in [-0.1, -0.05) is 41.6 Å². The lowest BCUT2D eigenvalue weighted by molar-refractivity contribution is -0.139. The maximum atomic E-state index is 11.1. The Labute approximate surface area is 196 Å². The molecule has 0 radical (unpaired) electrons. The van der Waals surface area contributed by atoms with Crippen molar-refractivity contribution in [3.05, 3.63) is 65.7 Å². The first-order valence-corrected chi connectivity index (χ1v) is 10.9. The molecule has 1 aromatic heterocycles. The van der Waals surface area contributed by atoms with E-state index in [0.717, 1.165) is 21.9 Å². The van der Waals surface area contributed by atoms with E-state index in [-0.39, 0.29) is 6.10 Å². The number of hydrogen-bond acceptors (Lipinski definition) is 7. The number of ether oxygens (including phenoxy) is 1. The van der Waals surface area contributed by atoms with Crippen molar-refractivity contribution in [2.45, 2.75) is 39.5 Å². The Bertz CT molecular complexity index is 1390. The fourth-order valence-electron chi connectivity index (χ4n) is 3.62. The summed E-state index contributed by atoms with van der Waals surface area (Å²) in [6.07, 6.45) is -0.0493. The van der Waals surface area contributed by atoms with E-state index >= 15 is 0 Å². The molecule has 0 aliphatic carbocycles. The van der Waals surface area contributed by atoms with Crippen molar-refractivity contribution in [1.82, 2.24) is 15.5 Å². The molecule has 1 heterocycles. The lowest BCUT2D eigenvalue weighted by Crippen LogP contribution is -2.33. The number of nitrogens with one attached hydrogen (secondary N) is 1. The van der Waals surface area contributed by atoms with Crippen LogP contribution in [0.2, 0.25) is 0 Å². The number of carbonyl (C=O) groups is 1. The molecule has 4 aromatic rings. The van der Waals surface area contributed by atoms with Gasteiger partial charge in [-0.05, 0) is 55.3 Å². The second-order valence-electron chi connectivity index (χ2n) is 8.17. The zero-order valence-electron chi connectivity index (χ0n) is 19.1. The topological polar surface area (TPSA) is 121 Å². The molecule has 4 rings (SSSR count). The van der Waals surface area contributed by atoms with Crippen LogP contribution < -0.4 is 10.1 Å². The second kappa shape index (κ2) is 9.73. The van der Waals surface area contributed by atoms with Gasteiger partial charge in [0.15, 0.2) is 0 Å². The zero-order valence-corrected chi connectivity index (χ0v) is 19.1. The first kappa shape index (κ1) is 23.0. The van der Waals surface area contributed by atoms with Crippen LogP contribution in [0.15, 0.2) is 59.1 Å². The van der Waals surface area contributed by atoms with Gasteiger partial charge in [0.05, 0.1) is 11.7 Å². The van der Waals surface area contributed by atoms with Gasteiger partial charge in [0.2, 0.25) is 5.82 Å². The van der Waals surface area contributed by atoms with E-state index in [0.29, 0.717) is 35.1 Å². The van der Waals surface area contributed by atoms with Gasteiger partial charge in [-0.3, -0.25) is 4.79 Å². The largest absolute Gasteiger partial charge is 0.490 e. The van der Waals surface area contributed by atoms with E-state index in [9.17, 15) is 10.1 Å². The Hall–Kier alpha value is -4.22. The van der Waals surface area contributed by atoms with Gasteiger partial charge >= 0.3 is 5.97 Å². The average molecular weight is 457 g/mol. The number of hydrogen-bond donors (Lipinski definition) is 2. The van der Waals surface area contributed by atoms with E-state index in [2.05, 4.69) is 21.5 Å². The van der Waals surface area contributed by atoms with Crippen LogP contribution in [0.1, 0.15) is 31.9 Å². The quantitative estimate of drug-likeness (QED) is 0.389. The number of rotatable bonds is 8. The highest BCUT2D eigenvalue weighted by atomic mass is 16.5. The van der Waals surface area contributed by atoms with Crippen molar-refractivity contribution >= 4 is 16.7 Å². The maximum Gasteiger partial charge on any atom is 0.320 e. The molecular weight excluding hydrogens is 432 g/mol. The van der Waals surface area contributed by atoms with Crippen LogP contribution in [0, 0.1) is 11.3 Å². The smallest absolute Gasteiger partial charge is 0.320 e. The van der Waals surface area contributed by atoms with Gasteiger partial charge < -0.3 is 19.7 Å². The molecule has 2 N–H and O–H groups in total. The standard InChI is InChI=1S/C26H24N4O4/c1-15(2)33-23-11-9-17(12-19(23)13-27)25-29-24(30-34-25)22-10-8-18(14-28-16(3)26(31)32)20-6-4-5-7-21(20)22/h4-12,15-16,28H,14H2,1-3H3,(H,31,32). The zero-order chi connectivity index (χ0) is 24.2. The third-order valence-corrected chi connectivity index (χ3v) is 5.36. The second-order valence-corrected chi connectivity index (χ2v) is 8.17. The van der Waals surface area contributed by atoms with E-state index in [1.807, 2.05) is 50.2 Å². The average Bonchev–Trinajstić information content (AvgIpc) is 3.32. The normalized spacial score (nSPS) is 12.0. The van der Waals surface area contributed by atoms with Crippen LogP contribution in [0.3, 0.4) is 0 Å². The van der Waals surface area contributed by atoms with Crippen LogP contribution in [0.25, 0.3) is 33.6 Å². The van der Waals surface area contributed by atoms with E-state index in [4.69, 9.17) is 14.4 Å². The van der Waals surface area contributed by atoms with Crippen molar-refractivity contribution in [3.63, 3.8) is 0 Å². The Morgan fingerprint density at radius 2 is 1.91 bits per heavy atom. The molecule has 0 bridgehead atoms. The van der Waals surface area contributed by atoms with Crippen molar-refractivity contribution in [1.29, 1.82) is 5.26 Å². The molecule has 0 aliphatic rings. The predicted molar refractivity (Wildman–Crippen MR) is 127 cm³/mol. The maximum absolute atomic E-state index is 11.1. The number of aliphatic carboxylic acids is 1. The molecule has 0 amide bonds. The fourth-order valence-corrected chi connectivity index (χ4v) is 3.62. The first-order valence-electron chi connectivity index (χ1n) is 10.9. The molecule has 8 heteroatoms. The summed E-state index contributed by atoms with van der Waals surface area (Å²) in [5.74, 6) is 0.329. The van der Waals surface area contributed by atoms with Crippen molar-refractivity contribution in [2.75, 3.05) is 0 Å². The summed E-state index contributed by atoms with van der Waals surface area (Å²) in [6.45, 7) is 5.82. The van der Waals surface area contributed by atoms with E-state index < -0.39 is 12.0 Å². The summed E-state index contributed by atoms with van der Waals surface area (Å²) >= 11 is 0. The highest BCUT2D eigenvalue weighted by Crippen LogP contribution is 2.32. The van der Waals surface area contributed by atoms with Crippen LogP contribution in [-0.4, -0.2) is 33.4 Å².